The van der Waals surface area contributed by atoms with Crippen LogP contribution in [0.4, 0.5) is 8.78 Å². The van der Waals surface area contributed by atoms with E-state index in [1.165, 1.54) is 17.4 Å². The van der Waals surface area contributed by atoms with Crippen LogP contribution in [0.5, 0.6) is 5.75 Å². The quantitative estimate of drug-likeness (QED) is 0.560. The summed E-state index contributed by atoms with van der Waals surface area (Å²) in [7, 11) is 0. The fourth-order valence-electron chi connectivity index (χ4n) is 2.90. The van der Waals surface area contributed by atoms with Gasteiger partial charge in [0.2, 0.25) is 0 Å². The van der Waals surface area contributed by atoms with Gasteiger partial charge in [-0.1, -0.05) is 54.6 Å². The fourth-order valence-corrected chi connectivity index (χ4v) is 3.53. The molecule has 0 fully saturated rings. The number of thiophene rings is 1. The topological polar surface area (TPSA) is 55.4 Å². The molecule has 1 heterocycles. The highest BCUT2D eigenvalue weighted by atomic mass is 32.1. The summed E-state index contributed by atoms with van der Waals surface area (Å²) in [6, 6.07) is 18.1. The minimum Gasteiger partial charge on any atom is -0.435 e. The lowest BCUT2D eigenvalue weighted by Crippen LogP contribution is -2.43. The molecule has 0 aliphatic carbocycles. The van der Waals surface area contributed by atoms with Gasteiger partial charge in [0.15, 0.2) is 5.78 Å². The third-order valence-corrected chi connectivity index (χ3v) is 5.14. The van der Waals surface area contributed by atoms with Gasteiger partial charge in [-0.25, -0.2) is 0 Å². The zero-order valence-electron chi connectivity index (χ0n) is 15.4. The van der Waals surface area contributed by atoms with Gasteiger partial charge in [-0.3, -0.25) is 9.59 Å². The molecule has 1 N–H and O–H groups in total. The minimum atomic E-state index is -2.98. The van der Waals surface area contributed by atoms with Gasteiger partial charge in [-0.15, -0.1) is 11.3 Å². The Morgan fingerprint density at radius 2 is 1.69 bits per heavy atom. The van der Waals surface area contributed by atoms with Gasteiger partial charge >= 0.3 is 6.61 Å². The number of alkyl halides is 2. The van der Waals surface area contributed by atoms with E-state index in [4.69, 9.17) is 0 Å². The number of hydrogen-bond acceptors (Lipinski definition) is 4. The van der Waals surface area contributed by atoms with E-state index < -0.39 is 12.7 Å². The molecule has 1 aromatic heterocycles. The molecule has 3 rings (SSSR count). The molecule has 3 aromatic rings. The Kier molecular flexibility index (Phi) is 7.08. The molecule has 4 nitrogen and oxygen atoms in total. The van der Waals surface area contributed by atoms with Crippen LogP contribution in [-0.4, -0.2) is 24.3 Å². The van der Waals surface area contributed by atoms with Crippen LogP contribution in [0, 0.1) is 0 Å². The second kappa shape index (κ2) is 9.93. The molecule has 0 spiro atoms. The Bertz CT molecular complexity index is 946. The number of halogens is 2. The van der Waals surface area contributed by atoms with E-state index in [1.54, 1.807) is 35.7 Å². The number of ether oxygens (including phenoxy) is 1. The van der Waals surface area contributed by atoms with Crippen LogP contribution >= 0.6 is 11.3 Å². The lowest BCUT2D eigenvalue weighted by atomic mass is 9.97. The highest BCUT2D eigenvalue weighted by Gasteiger charge is 2.24. The van der Waals surface area contributed by atoms with Crippen LogP contribution < -0.4 is 10.1 Å². The third-order valence-electron chi connectivity index (χ3n) is 4.27. The first kappa shape index (κ1) is 20.7. The molecule has 0 bridgehead atoms. The maximum absolute atomic E-state index is 13.0. The van der Waals surface area contributed by atoms with Crippen LogP contribution in [0.25, 0.3) is 0 Å². The second-order valence-electron chi connectivity index (χ2n) is 6.32. The van der Waals surface area contributed by atoms with Crippen molar-refractivity contribution in [2.24, 2.45) is 0 Å². The summed E-state index contributed by atoms with van der Waals surface area (Å²) in [5.41, 5.74) is 1.23. The van der Waals surface area contributed by atoms with Gasteiger partial charge in [0.05, 0.1) is 10.9 Å². The molecular formula is C22H19F2NO3S. The summed E-state index contributed by atoms with van der Waals surface area (Å²) >= 11 is 1.28. The first-order chi connectivity index (χ1) is 14.0. The number of carbonyl (C=O) groups is 2. The van der Waals surface area contributed by atoms with E-state index in [9.17, 15) is 18.4 Å². The predicted octanol–water partition coefficient (Wildman–Crippen LogP) is 4.50. The summed E-state index contributed by atoms with van der Waals surface area (Å²) in [4.78, 5) is 26.0. The van der Waals surface area contributed by atoms with Crippen molar-refractivity contribution in [3.05, 3.63) is 88.1 Å². The molecule has 0 aliphatic rings. The summed E-state index contributed by atoms with van der Waals surface area (Å²) in [6.07, 6.45) is 0.166. The Hall–Kier alpha value is -3.06. The molecule has 1 unspecified atom stereocenters. The highest BCUT2D eigenvalue weighted by molar-refractivity contribution is 7.12. The van der Waals surface area contributed by atoms with Gasteiger partial charge < -0.3 is 10.1 Å². The van der Waals surface area contributed by atoms with Gasteiger partial charge in [0.25, 0.3) is 5.91 Å². The first-order valence-corrected chi connectivity index (χ1v) is 9.84. The van der Waals surface area contributed by atoms with Crippen LogP contribution in [-0.2, 0) is 17.6 Å². The second-order valence-corrected chi connectivity index (χ2v) is 7.27. The Balaban J connectivity index is 1.79. The Morgan fingerprint density at radius 1 is 0.966 bits per heavy atom. The molecule has 0 saturated carbocycles. The molecule has 0 radical (unpaired) electrons. The van der Waals surface area contributed by atoms with Crippen molar-refractivity contribution in [1.82, 2.24) is 5.32 Å². The molecule has 2 aromatic carbocycles. The smallest absolute Gasteiger partial charge is 0.387 e. The summed E-state index contributed by atoms with van der Waals surface area (Å²) in [5, 5.41) is 4.56. The molecule has 0 aliphatic heterocycles. The Labute approximate surface area is 171 Å². The number of ketones is 1. The number of carbonyl (C=O) groups excluding carboxylic acids is 2. The first-order valence-electron chi connectivity index (χ1n) is 8.96. The van der Waals surface area contributed by atoms with E-state index in [2.05, 4.69) is 10.1 Å². The fraction of sp³-hybridized carbons (Fsp3) is 0.182. The van der Waals surface area contributed by atoms with Crippen molar-refractivity contribution < 1.29 is 23.1 Å². The van der Waals surface area contributed by atoms with E-state index in [0.717, 1.165) is 5.56 Å². The van der Waals surface area contributed by atoms with Crippen LogP contribution in [0.3, 0.4) is 0 Å². The number of benzene rings is 2. The zero-order chi connectivity index (χ0) is 20.6. The van der Waals surface area contributed by atoms with Crippen LogP contribution in [0.2, 0.25) is 0 Å². The maximum atomic E-state index is 13.0. The largest absolute Gasteiger partial charge is 0.435 e. The predicted molar refractivity (Wildman–Crippen MR) is 108 cm³/mol. The highest BCUT2D eigenvalue weighted by Crippen LogP contribution is 2.22. The molecule has 7 heteroatoms. The van der Waals surface area contributed by atoms with Crippen molar-refractivity contribution >= 4 is 23.0 Å². The maximum Gasteiger partial charge on any atom is 0.387 e. The van der Waals surface area contributed by atoms with Crippen LogP contribution in [0.15, 0.2) is 72.1 Å². The van der Waals surface area contributed by atoms with Crippen molar-refractivity contribution in [2.75, 3.05) is 0 Å². The van der Waals surface area contributed by atoms with E-state index in [1.807, 2.05) is 30.3 Å². The van der Waals surface area contributed by atoms with E-state index in [0.29, 0.717) is 16.9 Å². The molecule has 1 amide bonds. The average molecular weight is 415 g/mol. The minimum absolute atomic E-state index is 0.0427. The van der Waals surface area contributed by atoms with Gasteiger partial charge in [0.1, 0.15) is 5.75 Å². The molecule has 150 valence electrons. The Morgan fingerprint density at radius 3 is 2.38 bits per heavy atom. The van der Waals surface area contributed by atoms with E-state index >= 15 is 0 Å². The van der Waals surface area contributed by atoms with Gasteiger partial charge in [-0.05, 0) is 29.5 Å². The molecular weight excluding hydrogens is 396 g/mol. The van der Waals surface area contributed by atoms with Crippen molar-refractivity contribution in [3.8, 4) is 5.75 Å². The van der Waals surface area contributed by atoms with Crippen molar-refractivity contribution in [3.63, 3.8) is 0 Å². The number of hydrogen-bond donors (Lipinski definition) is 1. The molecule has 29 heavy (non-hydrogen) atoms. The summed E-state index contributed by atoms with van der Waals surface area (Å²) in [5.74, 6) is -0.672. The standard InChI is InChI=1S/C22H19F2NO3S/c23-22(24)28-19-10-5-4-9-16(19)14-18(26)17(13-15-7-2-1-3-8-15)25-21(27)20-11-6-12-29-20/h1-12,17,22H,13-14H2,(H,25,27). The number of Topliss-reactive ketones (excluding diaryl/α,β-unsaturated/α-hetero) is 1. The zero-order valence-corrected chi connectivity index (χ0v) is 16.2. The number of para-hydroxylation sites is 1. The SMILES string of the molecule is O=C(NC(Cc1ccccc1)C(=O)Cc1ccccc1OC(F)F)c1cccs1. The van der Waals surface area contributed by atoms with Gasteiger partial charge in [0, 0.05) is 12.0 Å². The number of amides is 1. The number of nitrogens with one attached hydrogen (secondary N) is 1. The molecule has 1 atom stereocenters. The average Bonchev–Trinajstić information content (AvgIpc) is 3.24. The summed E-state index contributed by atoms with van der Waals surface area (Å²) < 4.78 is 29.8. The number of rotatable bonds is 9. The van der Waals surface area contributed by atoms with E-state index in [-0.39, 0.29) is 23.9 Å². The summed E-state index contributed by atoms with van der Waals surface area (Å²) in [6.45, 7) is -2.98. The lowest BCUT2D eigenvalue weighted by Gasteiger charge is -2.18. The van der Waals surface area contributed by atoms with Crippen molar-refractivity contribution in [2.45, 2.75) is 25.5 Å². The lowest BCUT2D eigenvalue weighted by molar-refractivity contribution is -0.120. The van der Waals surface area contributed by atoms with Gasteiger partial charge in [-0.2, -0.15) is 8.78 Å². The van der Waals surface area contributed by atoms with Crippen molar-refractivity contribution in [1.29, 1.82) is 0 Å². The third kappa shape index (κ3) is 5.96. The van der Waals surface area contributed by atoms with Crippen LogP contribution in [0.1, 0.15) is 20.8 Å². The molecule has 0 saturated heterocycles. The monoisotopic (exact) mass is 415 g/mol. The normalized spacial score (nSPS) is 11.8.